The molecule has 0 unspecified atom stereocenters. The lowest BCUT2D eigenvalue weighted by Gasteiger charge is -2.46. The summed E-state index contributed by atoms with van der Waals surface area (Å²) < 4.78 is 10.8. The van der Waals surface area contributed by atoms with Gasteiger partial charge in [0.1, 0.15) is 6.10 Å². The Morgan fingerprint density at radius 1 is 1.36 bits per heavy atom. The van der Waals surface area contributed by atoms with Gasteiger partial charge in [-0.3, -0.25) is 24.2 Å². The van der Waals surface area contributed by atoms with Gasteiger partial charge in [0.15, 0.2) is 8.32 Å². The highest BCUT2D eigenvalue weighted by Crippen LogP contribution is 2.37. The molecule has 22 heavy (non-hydrogen) atoms. The molecule has 3 atom stereocenters. The number of aliphatic hydroxyl groups is 1. The molecule has 1 N–H and O–H groups in total. The molecule has 124 valence electrons. The predicted molar refractivity (Wildman–Crippen MR) is 77.8 cm³/mol. The molecule has 0 radical (unpaired) electrons. The molecule has 0 aromatic heterocycles. The number of likely N-dealkylation sites (N-methyl/N-ethyl adjacent to an activating group) is 1. The first kappa shape index (κ1) is 16.9. The van der Waals surface area contributed by atoms with E-state index >= 15 is 0 Å². The minimum Gasteiger partial charge on any atom is -0.432 e. The largest absolute Gasteiger partial charge is 0.432 e. The number of esters is 1. The topological polar surface area (TPSA) is 96.4 Å². The lowest BCUT2D eigenvalue weighted by molar-refractivity contribution is -0.219. The van der Waals surface area contributed by atoms with Crippen molar-refractivity contribution in [2.45, 2.75) is 51.0 Å². The van der Waals surface area contributed by atoms with Crippen LogP contribution in [0, 0.1) is 0 Å². The van der Waals surface area contributed by atoms with E-state index in [4.69, 9.17) is 9.16 Å². The predicted octanol–water partition coefficient (Wildman–Crippen LogP) is -0.511. The maximum Gasteiger partial charge on any atom is 0.304 e. The summed E-state index contributed by atoms with van der Waals surface area (Å²) in [6.07, 6.45) is -1.74. The molecule has 0 spiro atoms. The minimum absolute atomic E-state index is 0.182. The summed E-state index contributed by atoms with van der Waals surface area (Å²) in [5, 5.41) is 10.9. The van der Waals surface area contributed by atoms with Gasteiger partial charge >= 0.3 is 5.97 Å². The summed E-state index contributed by atoms with van der Waals surface area (Å²) in [6, 6.07) is 0. The molecule has 2 saturated heterocycles. The Morgan fingerprint density at radius 3 is 2.45 bits per heavy atom. The Morgan fingerprint density at radius 2 is 1.95 bits per heavy atom. The Kier molecular flexibility index (Phi) is 4.09. The quantitative estimate of drug-likeness (QED) is 0.553. The van der Waals surface area contributed by atoms with Gasteiger partial charge in [0, 0.05) is 20.5 Å². The molecule has 2 fully saturated rings. The van der Waals surface area contributed by atoms with Crippen LogP contribution in [-0.4, -0.2) is 72.7 Å². The standard InChI is InChI=1S/C13H22N2O6Si/c1-8(16)20-11-10(17)15-7-6-9(21-22(3,4)5)13(15,19)12(18)14(11)2/h9,11,19H,6-7H2,1-5H3/t9-,11+,13+/m0/s1. The number of fused-ring (bicyclic) bond motifs is 1. The average molecular weight is 330 g/mol. The van der Waals surface area contributed by atoms with Crippen LogP contribution in [0.15, 0.2) is 0 Å². The molecule has 8 nitrogen and oxygen atoms in total. The number of nitrogens with zero attached hydrogens (tertiary/aromatic N) is 2. The smallest absolute Gasteiger partial charge is 0.304 e. The summed E-state index contributed by atoms with van der Waals surface area (Å²) in [6.45, 7) is 7.17. The van der Waals surface area contributed by atoms with Crippen molar-refractivity contribution in [1.29, 1.82) is 0 Å². The molecule has 2 aliphatic rings. The molecular formula is C13H22N2O6Si. The molecule has 0 saturated carbocycles. The average Bonchev–Trinajstić information content (AvgIpc) is 2.69. The lowest BCUT2D eigenvalue weighted by atomic mass is 10.0. The van der Waals surface area contributed by atoms with E-state index in [1.165, 1.54) is 7.05 Å². The first-order chi connectivity index (χ1) is 9.98. The lowest BCUT2D eigenvalue weighted by Crippen LogP contribution is -2.72. The van der Waals surface area contributed by atoms with E-state index in [1.807, 2.05) is 19.6 Å². The molecular weight excluding hydrogens is 308 g/mol. The first-order valence-corrected chi connectivity index (χ1v) is 10.6. The van der Waals surface area contributed by atoms with Crippen molar-refractivity contribution in [3.8, 4) is 0 Å². The molecule has 0 aliphatic carbocycles. The van der Waals surface area contributed by atoms with Gasteiger partial charge in [-0.1, -0.05) is 0 Å². The number of rotatable bonds is 3. The van der Waals surface area contributed by atoms with Crippen molar-refractivity contribution in [2.24, 2.45) is 0 Å². The fourth-order valence-electron chi connectivity index (χ4n) is 2.84. The Bertz CT molecular complexity index is 519. The first-order valence-electron chi connectivity index (χ1n) is 7.14. The highest BCUT2D eigenvalue weighted by molar-refractivity contribution is 6.69. The summed E-state index contributed by atoms with van der Waals surface area (Å²) in [5.74, 6) is -1.97. The third kappa shape index (κ3) is 2.64. The summed E-state index contributed by atoms with van der Waals surface area (Å²) in [4.78, 5) is 38.2. The zero-order valence-electron chi connectivity index (χ0n) is 13.5. The van der Waals surface area contributed by atoms with Crippen molar-refractivity contribution >= 4 is 26.1 Å². The highest BCUT2D eigenvalue weighted by atomic mass is 28.4. The van der Waals surface area contributed by atoms with Gasteiger partial charge in [0.05, 0.1) is 0 Å². The molecule has 0 bridgehead atoms. The molecule has 0 aromatic carbocycles. The fraction of sp³-hybridized carbons (Fsp3) is 0.769. The number of carbonyl (C=O) groups is 3. The van der Waals surface area contributed by atoms with Crippen LogP contribution in [0.2, 0.25) is 19.6 Å². The van der Waals surface area contributed by atoms with E-state index in [-0.39, 0.29) is 6.54 Å². The zero-order valence-corrected chi connectivity index (χ0v) is 14.5. The summed E-state index contributed by atoms with van der Waals surface area (Å²) in [5.41, 5.74) is -2.03. The van der Waals surface area contributed by atoms with Gasteiger partial charge in [0.2, 0.25) is 5.72 Å². The summed E-state index contributed by atoms with van der Waals surface area (Å²) in [7, 11) is -0.690. The van der Waals surface area contributed by atoms with E-state index in [1.54, 1.807) is 0 Å². The van der Waals surface area contributed by atoms with E-state index in [9.17, 15) is 19.5 Å². The minimum atomic E-state index is -2.03. The van der Waals surface area contributed by atoms with Crippen molar-refractivity contribution in [1.82, 2.24) is 9.80 Å². The van der Waals surface area contributed by atoms with Crippen LogP contribution >= 0.6 is 0 Å². The van der Waals surface area contributed by atoms with Crippen LogP contribution < -0.4 is 0 Å². The van der Waals surface area contributed by atoms with Crippen molar-refractivity contribution in [3.05, 3.63) is 0 Å². The third-order valence-electron chi connectivity index (χ3n) is 3.71. The van der Waals surface area contributed by atoms with Gasteiger partial charge in [-0.05, 0) is 26.1 Å². The van der Waals surface area contributed by atoms with Crippen LogP contribution in [0.1, 0.15) is 13.3 Å². The van der Waals surface area contributed by atoms with Crippen LogP contribution in [-0.2, 0) is 23.5 Å². The van der Waals surface area contributed by atoms with Gasteiger partial charge in [-0.25, -0.2) is 0 Å². The second-order valence-corrected chi connectivity index (χ2v) is 11.1. The van der Waals surface area contributed by atoms with E-state index in [2.05, 4.69) is 0 Å². The van der Waals surface area contributed by atoms with Gasteiger partial charge in [-0.15, -0.1) is 0 Å². The maximum atomic E-state index is 12.6. The van der Waals surface area contributed by atoms with E-state index < -0.39 is 44.2 Å². The van der Waals surface area contributed by atoms with Gasteiger partial charge in [-0.2, -0.15) is 0 Å². The van der Waals surface area contributed by atoms with Gasteiger partial charge in [0.25, 0.3) is 18.0 Å². The molecule has 2 aliphatic heterocycles. The maximum absolute atomic E-state index is 12.6. The fourth-order valence-corrected chi connectivity index (χ4v) is 3.98. The van der Waals surface area contributed by atoms with Crippen molar-refractivity contribution in [3.63, 3.8) is 0 Å². The van der Waals surface area contributed by atoms with Gasteiger partial charge < -0.3 is 14.3 Å². The van der Waals surface area contributed by atoms with Crippen LogP contribution in [0.3, 0.4) is 0 Å². The normalized spacial score (nSPS) is 32.3. The Hall–Kier alpha value is -1.45. The van der Waals surface area contributed by atoms with Crippen molar-refractivity contribution in [2.75, 3.05) is 13.6 Å². The number of amides is 2. The second-order valence-electron chi connectivity index (χ2n) is 6.60. The zero-order chi connectivity index (χ0) is 16.9. The number of ether oxygens (including phenoxy) is 1. The SMILES string of the molecule is CC(=O)O[C@@H]1C(=O)N2CC[C@H](O[Si](C)(C)C)[C@@]2(O)C(=O)N1C. The molecule has 9 heteroatoms. The Balaban J connectivity index is 2.33. The molecule has 0 aromatic rings. The number of hydrogen-bond donors (Lipinski definition) is 1. The summed E-state index contributed by atoms with van der Waals surface area (Å²) >= 11 is 0. The highest BCUT2D eigenvalue weighted by Gasteiger charge is 2.63. The third-order valence-corrected chi connectivity index (χ3v) is 4.70. The molecule has 2 amide bonds. The molecule has 2 heterocycles. The second kappa shape index (κ2) is 5.32. The van der Waals surface area contributed by atoms with Crippen LogP contribution in [0.25, 0.3) is 0 Å². The van der Waals surface area contributed by atoms with Crippen molar-refractivity contribution < 1.29 is 28.7 Å². The number of carbonyl (C=O) groups excluding carboxylic acids is 3. The Labute approximate surface area is 130 Å². The number of piperazine rings is 1. The van der Waals surface area contributed by atoms with E-state index in [0.29, 0.717) is 6.42 Å². The molecule has 2 rings (SSSR count). The van der Waals surface area contributed by atoms with Crippen LogP contribution in [0.5, 0.6) is 0 Å². The number of hydrogen-bond acceptors (Lipinski definition) is 6. The van der Waals surface area contributed by atoms with E-state index in [0.717, 1.165) is 16.7 Å². The van der Waals surface area contributed by atoms with Crippen LogP contribution in [0.4, 0.5) is 0 Å². The monoisotopic (exact) mass is 330 g/mol.